The molecule has 6 heteroatoms. The summed E-state index contributed by atoms with van der Waals surface area (Å²) >= 11 is 0. The lowest BCUT2D eigenvalue weighted by atomic mass is 9.95. The molecule has 27 heavy (non-hydrogen) atoms. The van der Waals surface area contributed by atoms with Crippen molar-refractivity contribution in [3.05, 3.63) is 60.2 Å². The van der Waals surface area contributed by atoms with Crippen LogP contribution in [0.2, 0.25) is 0 Å². The van der Waals surface area contributed by atoms with Crippen LogP contribution in [0, 0.1) is 5.92 Å². The molecule has 3 rings (SSSR count). The summed E-state index contributed by atoms with van der Waals surface area (Å²) in [5.41, 5.74) is 1.45. The summed E-state index contributed by atoms with van der Waals surface area (Å²) in [5, 5.41) is 5.64. The molecule has 1 amide bonds. The number of rotatable bonds is 7. The number of benzene rings is 2. The van der Waals surface area contributed by atoms with Gasteiger partial charge in [0.1, 0.15) is 17.4 Å². The first-order valence-corrected chi connectivity index (χ1v) is 8.74. The van der Waals surface area contributed by atoms with Gasteiger partial charge in [0, 0.05) is 0 Å². The molecule has 0 radical (unpaired) electrons. The van der Waals surface area contributed by atoms with E-state index in [-0.39, 0.29) is 11.7 Å². The maximum absolute atomic E-state index is 12.8. The highest BCUT2D eigenvalue weighted by molar-refractivity contribution is 6.23. The first-order chi connectivity index (χ1) is 13.0. The summed E-state index contributed by atoms with van der Waals surface area (Å²) in [5.74, 6) is -0.272. The summed E-state index contributed by atoms with van der Waals surface area (Å²) < 4.78 is 10.8. The molecule has 0 bridgehead atoms. The molecule has 1 heterocycles. The predicted molar refractivity (Wildman–Crippen MR) is 102 cm³/mol. The lowest BCUT2D eigenvalue weighted by Gasteiger charge is -2.18. The van der Waals surface area contributed by atoms with Crippen LogP contribution >= 0.6 is 0 Å². The molecule has 2 atom stereocenters. The van der Waals surface area contributed by atoms with Crippen LogP contribution in [0.4, 0.5) is 0 Å². The van der Waals surface area contributed by atoms with E-state index in [1.54, 1.807) is 45.2 Å². The number of ether oxygens (including phenoxy) is 2. The summed E-state index contributed by atoms with van der Waals surface area (Å²) in [4.78, 5) is 25.5. The standard InChI is InChI=1S/C21H22N2O4/c1-14-19(21(25)23(22-14)13-16-7-5-4-6-8-16)20(24)15(2)27-18-11-9-17(26-3)10-12-18/h4-12,15,19H,13H2,1-3H3/t15-,19+/m1/s1. The van der Waals surface area contributed by atoms with Crippen LogP contribution in [0.25, 0.3) is 0 Å². The van der Waals surface area contributed by atoms with Crippen molar-refractivity contribution in [3.8, 4) is 11.5 Å². The minimum Gasteiger partial charge on any atom is -0.497 e. The van der Waals surface area contributed by atoms with E-state index in [9.17, 15) is 9.59 Å². The van der Waals surface area contributed by atoms with Gasteiger partial charge in [0.05, 0.1) is 19.4 Å². The summed E-state index contributed by atoms with van der Waals surface area (Å²) in [6, 6.07) is 16.5. The number of amides is 1. The van der Waals surface area contributed by atoms with E-state index < -0.39 is 12.0 Å². The van der Waals surface area contributed by atoms with E-state index in [0.717, 1.165) is 5.56 Å². The summed E-state index contributed by atoms with van der Waals surface area (Å²) in [7, 11) is 1.58. The molecule has 1 aliphatic rings. The zero-order valence-electron chi connectivity index (χ0n) is 15.6. The van der Waals surface area contributed by atoms with Crippen LogP contribution in [0.5, 0.6) is 11.5 Å². The molecule has 0 fully saturated rings. The zero-order chi connectivity index (χ0) is 19.4. The first-order valence-electron chi connectivity index (χ1n) is 8.74. The summed E-state index contributed by atoms with van der Waals surface area (Å²) in [6.45, 7) is 3.69. The molecule has 0 saturated heterocycles. The maximum atomic E-state index is 12.8. The predicted octanol–water partition coefficient (Wildman–Crippen LogP) is 3.07. The van der Waals surface area contributed by atoms with E-state index in [1.807, 2.05) is 30.3 Å². The van der Waals surface area contributed by atoms with Gasteiger partial charge in [0.25, 0.3) is 5.91 Å². The van der Waals surface area contributed by atoms with Crippen LogP contribution in [-0.4, -0.2) is 35.6 Å². The van der Waals surface area contributed by atoms with Gasteiger partial charge >= 0.3 is 0 Å². The number of hydrazone groups is 1. The van der Waals surface area contributed by atoms with Crippen LogP contribution in [-0.2, 0) is 16.1 Å². The molecule has 0 spiro atoms. The fraction of sp³-hybridized carbons (Fsp3) is 0.286. The molecular formula is C21H22N2O4. The van der Waals surface area contributed by atoms with E-state index in [0.29, 0.717) is 23.8 Å². The molecular weight excluding hydrogens is 344 g/mol. The lowest BCUT2D eigenvalue weighted by Crippen LogP contribution is -2.39. The Hall–Kier alpha value is -3.15. The number of ketones is 1. The van der Waals surface area contributed by atoms with Crippen molar-refractivity contribution in [2.75, 3.05) is 7.11 Å². The Morgan fingerprint density at radius 2 is 1.74 bits per heavy atom. The quantitative estimate of drug-likeness (QED) is 0.706. The summed E-state index contributed by atoms with van der Waals surface area (Å²) in [6.07, 6.45) is -0.769. The van der Waals surface area contributed by atoms with Gasteiger partial charge in [0.2, 0.25) is 0 Å². The van der Waals surface area contributed by atoms with Crippen molar-refractivity contribution >= 4 is 17.4 Å². The maximum Gasteiger partial charge on any atom is 0.259 e. The SMILES string of the molecule is COc1ccc(O[C@H](C)C(=O)[C@H]2C(=O)N(Cc3ccccc3)N=C2C)cc1. The van der Waals surface area contributed by atoms with Crippen molar-refractivity contribution in [3.63, 3.8) is 0 Å². The van der Waals surface area contributed by atoms with Gasteiger partial charge in [-0.05, 0) is 43.7 Å². The van der Waals surface area contributed by atoms with Crippen molar-refractivity contribution in [1.82, 2.24) is 5.01 Å². The highest BCUT2D eigenvalue weighted by atomic mass is 16.5. The number of methoxy groups -OCH3 is 1. The molecule has 0 N–H and O–H groups in total. The van der Waals surface area contributed by atoms with E-state index in [2.05, 4.69) is 5.10 Å². The van der Waals surface area contributed by atoms with Gasteiger partial charge in [-0.15, -0.1) is 0 Å². The third-order valence-corrected chi connectivity index (χ3v) is 4.43. The number of hydrogen-bond donors (Lipinski definition) is 0. The fourth-order valence-electron chi connectivity index (χ4n) is 2.97. The molecule has 1 aliphatic heterocycles. The van der Waals surface area contributed by atoms with Crippen molar-refractivity contribution in [2.24, 2.45) is 11.0 Å². The second kappa shape index (κ2) is 8.03. The Labute approximate surface area is 158 Å². The molecule has 2 aromatic rings. The Kier molecular flexibility index (Phi) is 5.54. The van der Waals surface area contributed by atoms with E-state index in [1.165, 1.54) is 5.01 Å². The molecule has 6 nitrogen and oxygen atoms in total. The van der Waals surface area contributed by atoms with Gasteiger partial charge in [-0.3, -0.25) is 9.59 Å². The average molecular weight is 366 g/mol. The highest BCUT2D eigenvalue weighted by Gasteiger charge is 2.41. The molecule has 0 unspecified atom stereocenters. The Balaban J connectivity index is 1.66. The van der Waals surface area contributed by atoms with Crippen LogP contribution in [0.15, 0.2) is 59.7 Å². The van der Waals surface area contributed by atoms with Crippen molar-refractivity contribution in [2.45, 2.75) is 26.5 Å². The highest BCUT2D eigenvalue weighted by Crippen LogP contribution is 2.23. The minimum atomic E-state index is -0.901. The minimum absolute atomic E-state index is 0.298. The van der Waals surface area contributed by atoms with Crippen LogP contribution in [0.1, 0.15) is 19.4 Å². The van der Waals surface area contributed by atoms with Crippen molar-refractivity contribution in [1.29, 1.82) is 0 Å². The number of nitrogens with zero attached hydrogens (tertiary/aromatic N) is 2. The molecule has 0 aromatic heterocycles. The third-order valence-electron chi connectivity index (χ3n) is 4.43. The number of carbonyl (C=O) groups excluding carboxylic acids is 2. The van der Waals surface area contributed by atoms with Crippen LogP contribution in [0.3, 0.4) is 0 Å². The zero-order valence-corrected chi connectivity index (χ0v) is 15.6. The number of hydrogen-bond acceptors (Lipinski definition) is 5. The van der Waals surface area contributed by atoms with Crippen molar-refractivity contribution < 1.29 is 19.1 Å². The van der Waals surface area contributed by atoms with Gasteiger partial charge in [-0.2, -0.15) is 5.10 Å². The van der Waals surface area contributed by atoms with Gasteiger partial charge < -0.3 is 9.47 Å². The lowest BCUT2D eigenvalue weighted by molar-refractivity contribution is -0.139. The van der Waals surface area contributed by atoms with E-state index in [4.69, 9.17) is 9.47 Å². The van der Waals surface area contributed by atoms with Gasteiger partial charge in [-0.25, -0.2) is 5.01 Å². The average Bonchev–Trinajstić information content (AvgIpc) is 2.95. The first kappa shape index (κ1) is 18.6. The number of Topliss-reactive ketones (excluding diaryl/α,β-unsaturated/α-hetero) is 1. The molecule has 0 saturated carbocycles. The number of carbonyl (C=O) groups is 2. The normalized spacial score (nSPS) is 17.4. The second-order valence-corrected chi connectivity index (χ2v) is 6.39. The Bertz CT molecular complexity index is 846. The third kappa shape index (κ3) is 4.16. The van der Waals surface area contributed by atoms with E-state index >= 15 is 0 Å². The molecule has 2 aromatic carbocycles. The Morgan fingerprint density at radius 3 is 2.37 bits per heavy atom. The molecule has 0 aliphatic carbocycles. The monoisotopic (exact) mass is 366 g/mol. The van der Waals surface area contributed by atoms with Gasteiger partial charge in [-0.1, -0.05) is 30.3 Å². The largest absolute Gasteiger partial charge is 0.497 e. The fourth-order valence-corrected chi connectivity index (χ4v) is 2.97. The smallest absolute Gasteiger partial charge is 0.259 e. The second-order valence-electron chi connectivity index (χ2n) is 6.39. The molecule has 140 valence electrons. The van der Waals surface area contributed by atoms with Crippen LogP contribution < -0.4 is 9.47 Å². The Morgan fingerprint density at radius 1 is 1.11 bits per heavy atom. The topological polar surface area (TPSA) is 68.2 Å². The van der Waals surface area contributed by atoms with Gasteiger partial charge in [0.15, 0.2) is 11.9 Å².